The van der Waals surface area contributed by atoms with Crippen LogP contribution in [0.3, 0.4) is 0 Å². The number of carboxylic acid groups (broad SMARTS) is 1. The highest BCUT2D eigenvalue weighted by atomic mass is 16.6. The zero-order valence-corrected chi connectivity index (χ0v) is 36.1. The number of hydrogen-bond donors (Lipinski definition) is 2. The van der Waals surface area contributed by atoms with Gasteiger partial charge in [0.25, 0.3) is 5.69 Å². The van der Waals surface area contributed by atoms with Crippen molar-refractivity contribution in [2.75, 3.05) is 33.4 Å². The number of benzene rings is 5. The number of carbonyl (C=O) groups excluding carboxylic acids is 1. The van der Waals surface area contributed by atoms with Gasteiger partial charge in [0.05, 0.1) is 42.7 Å². The Balaban J connectivity index is 1.47. The third-order valence-electron chi connectivity index (χ3n) is 11.5. The molecule has 0 saturated heterocycles. The number of hydrogen-bond acceptors (Lipinski definition) is 11. The van der Waals surface area contributed by atoms with Crippen molar-refractivity contribution in [2.45, 2.75) is 56.8 Å². The Kier molecular flexibility index (Phi) is 14.9. The molecule has 1 heterocycles. The van der Waals surface area contributed by atoms with Crippen molar-refractivity contribution in [1.29, 1.82) is 0 Å². The average molecular weight is 855 g/mol. The molecule has 0 saturated carbocycles. The predicted molar refractivity (Wildman–Crippen MR) is 242 cm³/mol. The van der Waals surface area contributed by atoms with Crippen LogP contribution >= 0.6 is 0 Å². The largest absolute Gasteiger partial charge is 0.493 e. The molecule has 13 nitrogen and oxygen atoms in total. The number of methoxy groups -OCH3 is 1. The van der Waals surface area contributed by atoms with E-state index >= 15 is 0 Å². The van der Waals surface area contributed by atoms with Crippen LogP contribution in [0.4, 0.5) is 5.69 Å². The molecule has 5 unspecified atom stereocenters. The Morgan fingerprint density at radius 3 is 1.95 bits per heavy atom. The van der Waals surface area contributed by atoms with Crippen LogP contribution in [0.1, 0.15) is 55.9 Å². The number of carboxylic acids is 1. The van der Waals surface area contributed by atoms with Gasteiger partial charge in [-0.25, -0.2) is 0 Å². The van der Waals surface area contributed by atoms with E-state index in [0.29, 0.717) is 17.1 Å². The SMILES string of the molecule is CCOC(=O)C1C(C=NCC(C)(C)N(CC(O)COc2ccccc2OC)C(c2ccccc2)(c2ccccc2)c2ccccc2)N=C(C)C(C(=O)O)C1c1cccc([N+](=O)[O-])c1. The molecule has 0 aromatic heterocycles. The summed E-state index contributed by atoms with van der Waals surface area (Å²) in [5.74, 6) is -4.38. The van der Waals surface area contributed by atoms with Gasteiger partial charge < -0.3 is 24.4 Å². The van der Waals surface area contributed by atoms with Gasteiger partial charge in [-0.05, 0) is 62.1 Å². The maximum absolute atomic E-state index is 13.9. The number of aliphatic imine (C=N–C) groups is 2. The van der Waals surface area contributed by atoms with E-state index in [1.165, 1.54) is 18.2 Å². The van der Waals surface area contributed by atoms with Crippen LogP contribution in [-0.2, 0) is 19.9 Å². The number of aliphatic hydroxyl groups is 1. The first-order valence-corrected chi connectivity index (χ1v) is 20.9. The number of nitrogens with zero attached hydrogens (tertiary/aromatic N) is 4. The second-order valence-corrected chi connectivity index (χ2v) is 16.1. The molecule has 0 aliphatic carbocycles. The lowest BCUT2D eigenvalue weighted by molar-refractivity contribution is -0.384. The van der Waals surface area contributed by atoms with Crippen molar-refractivity contribution in [3.05, 3.63) is 172 Å². The fraction of sp³-hybridized carbons (Fsp3) is 0.320. The van der Waals surface area contributed by atoms with Crippen LogP contribution in [-0.4, -0.2) is 95.0 Å². The van der Waals surface area contributed by atoms with E-state index in [1.807, 2.05) is 80.6 Å². The third-order valence-corrected chi connectivity index (χ3v) is 11.5. The number of nitro benzene ring substituents is 1. The molecule has 328 valence electrons. The maximum atomic E-state index is 13.9. The van der Waals surface area contributed by atoms with Gasteiger partial charge in [0.2, 0.25) is 0 Å². The quantitative estimate of drug-likeness (QED) is 0.0273. The Bertz CT molecular complexity index is 2290. The second kappa shape index (κ2) is 20.4. The minimum atomic E-state index is -1.26. The number of aliphatic hydroxyl groups excluding tert-OH is 1. The molecule has 5 atom stereocenters. The zero-order chi connectivity index (χ0) is 45.1. The van der Waals surface area contributed by atoms with Gasteiger partial charge in [-0.1, -0.05) is 115 Å². The molecule has 63 heavy (non-hydrogen) atoms. The van der Waals surface area contributed by atoms with E-state index in [1.54, 1.807) is 45.4 Å². The number of para-hydroxylation sites is 2. The van der Waals surface area contributed by atoms with Crippen LogP contribution in [0.25, 0.3) is 0 Å². The lowest BCUT2D eigenvalue weighted by Gasteiger charge is -2.53. The molecule has 2 N–H and O–H groups in total. The number of non-ortho nitro benzene ring substituents is 1. The third kappa shape index (κ3) is 10.0. The number of ether oxygens (including phenoxy) is 3. The summed E-state index contributed by atoms with van der Waals surface area (Å²) < 4.78 is 17.2. The molecular weight excluding hydrogens is 801 g/mol. The van der Waals surface area contributed by atoms with Crippen molar-refractivity contribution < 1.29 is 38.9 Å². The van der Waals surface area contributed by atoms with E-state index in [-0.39, 0.29) is 37.7 Å². The van der Waals surface area contributed by atoms with Crippen LogP contribution in [0, 0.1) is 22.0 Å². The summed E-state index contributed by atoms with van der Waals surface area (Å²) in [5.41, 5.74) is 1.22. The average Bonchev–Trinajstić information content (AvgIpc) is 3.29. The summed E-state index contributed by atoms with van der Waals surface area (Å²) in [6.07, 6.45) is 0.528. The predicted octanol–water partition coefficient (Wildman–Crippen LogP) is 7.99. The Morgan fingerprint density at radius 2 is 1.43 bits per heavy atom. The standard InChI is InChI=1S/C50H54N4O9/c1-6-62-48(58)46-41(52-34(2)44(47(56)57)45(46)35-19-18-26-39(29-35)54(59)60)30-51-33-49(3,4)53(31-40(55)32-63-43-28-17-16-27-42(43)61-5)50(36-20-10-7-11-21-36,37-22-12-8-13-23-37)38-24-14-9-15-25-38/h7-30,40-41,44-46,55H,6,31-33H2,1-5H3,(H,56,57). The molecule has 5 aromatic rings. The molecular formula is C50H54N4O9. The fourth-order valence-electron chi connectivity index (χ4n) is 8.80. The highest BCUT2D eigenvalue weighted by Crippen LogP contribution is 2.47. The minimum absolute atomic E-state index is 0.0207. The number of carbonyl (C=O) groups is 2. The Labute approximate surface area is 367 Å². The van der Waals surface area contributed by atoms with Gasteiger partial charge in [0.1, 0.15) is 18.6 Å². The van der Waals surface area contributed by atoms with Crippen molar-refractivity contribution in [3.63, 3.8) is 0 Å². The van der Waals surface area contributed by atoms with Crippen LogP contribution < -0.4 is 9.47 Å². The van der Waals surface area contributed by atoms with Gasteiger partial charge in [0.15, 0.2) is 11.5 Å². The van der Waals surface area contributed by atoms with Crippen molar-refractivity contribution in [1.82, 2.24) is 4.90 Å². The highest BCUT2D eigenvalue weighted by Gasteiger charge is 2.50. The number of aliphatic carboxylic acids is 1. The lowest BCUT2D eigenvalue weighted by atomic mass is 9.70. The minimum Gasteiger partial charge on any atom is -0.493 e. The maximum Gasteiger partial charge on any atom is 0.312 e. The fourth-order valence-corrected chi connectivity index (χ4v) is 8.80. The number of nitro groups is 1. The van der Waals surface area contributed by atoms with E-state index in [4.69, 9.17) is 24.2 Å². The van der Waals surface area contributed by atoms with Gasteiger partial charge in [0, 0.05) is 42.1 Å². The molecule has 5 aromatic carbocycles. The molecule has 1 aliphatic heterocycles. The van der Waals surface area contributed by atoms with E-state index < -0.39 is 57.8 Å². The zero-order valence-electron chi connectivity index (χ0n) is 36.1. The molecule has 0 spiro atoms. The first kappa shape index (κ1) is 45.8. The number of rotatable bonds is 19. The van der Waals surface area contributed by atoms with Crippen molar-refractivity contribution in [3.8, 4) is 11.5 Å². The highest BCUT2D eigenvalue weighted by molar-refractivity contribution is 6.04. The van der Waals surface area contributed by atoms with Crippen LogP contribution in [0.5, 0.6) is 11.5 Å². The topological polar surface area (TPSA) is 173 Å². The van der Waals surface area contributed by atoms with E-state index in [0.717, 1.165) is 16.7 Å². The summed E-state index contributed by atoms with van der Waals surface area (Å²) in [4.78, 5) is 50.1. The molecule has 6 rings (SSSR count). The first-order chi connectivity index (χ1) is 30.3. The number of esters is 1. The normalized spacial score (nSPS) is 18.4. The van der Waals surface area contributed by atoms with Gasteiger partial charge >= 0.3 is 11.9 Å². The molecule has 0 amide bonds. The van der Waals surface area contributed by atoms with Crippen LogP contribution in [0.2, 0.25) is 0 Å². The summed E-state index contributed by atoms with van der Waals surface area (Å²) >= 11 is 0. The summed E-state index contributed by atoms with van der Waals surface area (Å²) in [5, 5.41) is 34.4. The van der Waals surface area contributed by atoms with E-state index in [9.17, 15) is 29.9 Å². The Hall–Kier alpha value is -6.70. The number of β-amino-alcohol motifs (C(OH)–C–C–N with tert-alkyl or cyclic N) is 1. The van der Waals surface area contributed by atoms with Gasteiger partial charge in [-0.2, -0.15) is 0 Å². The molecule has 0 fully saturated rings. The second-order valence-electron chi connectivity index (χ2n) is 16.1. The first-order valence-electron chi connectivity index (χ1n) is 20.9. The molecule has 0 bridgehead atoms. The summed E-state index contributed by atoms with van der Waals surface area (Å²) in [6.45, 7) is 7.47. The summed E-state index contributed by atoms with van der Waals surface area (Å²) in [7, 11) is 1.56. The Morgan fingerprint density at radius 1 is 0.873 bits per heavy atom. The van der Waals surface area contributed by atoms with Gasteiger partial charge in [-0.15, -0.1) is 0 Å². The van der Waals surface area contributed by atoms with Crippen molar-refractivity contribution in [2.24, 2.45) is 21.8 Å². The monoisotopic (exact) mass is 854 g/mol. The van der Waals surface area contributed by atoms with Gasteiger partial charge in [-0.3, -0.25) is 34.6 Å². The lowest BCUT2D eigenvalue weighted by Crippen LogP contribution is -2.61. The molecule has 0 radical (unpaired) electrons. The molecule has 13 heteroatoms. The van der Waals surface area contributed by atoms with Crippen molar-refractivity contribution >= 4 is 29.6 Å². The smallest absolute Gasteiger partial charge is 0.312 e. The summed E-state index contributed by atoms with van der Waals surface area (Å²) in [6, 6.07) is 42.2. The molecule has 1 aliphatic rings. The van der Waals surface area contributed by atoms with Crippen LogP contribution in [0.15, 0.2) is 150 Å². The van der Waals surface area contributed by atoms with E-state index in [2.05, 4.69) is 41.3 Å².